The number of rotatable bonds is 3. The van der Waals surface area contributed by atoms with Gasteiger partial charge in [-0.3, -0.25) is 0 Å². The Morgan fingerprint density at radius 3 is 1.50 bits per heavy atom. The van der Waals surface area contributed by atoms with Gasteiger partial charge in [-0.2, -0.15) is 10.5 Å². The molecule has 2 heterocycles. The van der Waals surface area contributed by atoms with E-state index in [0.29, 0.717) is 16.8 Å². The minimum atomic E-state index is 0.559. The van der Waals surface area contributed by atoms with Gasteiger partial charge in [0.15, 0.2) is 5.69 Å². The summed E-state index contributed by atoms with van der Waals surface area (Å²) >= 11 is 0. The van der Waals surface area contributed by atoms with Crippen molar-refractivity contribution in [2.24, 2.45) is 0 Å². The molecular formula is C39H21N5. The smallest absolute Gasteiger partial charge is 0.188 e. The number of para-hydroxylation sites is 3. The van der Waals surface area contributed by atoms with Crippen LogP contribution in [0.1, 0.15) is 11.1 Å². The van der Waals surface area contributed by atoms with Crippen LogP contribution >= 0.6 is 0 Å². The second kappa shape index (κ2) is 9.74. The molecule has 0 aliphatic rings. The lowest BCUT2D eigenvalue weighted by molar-refractivity contribution is 1.16. The highest BCUT2D eigenvalue weighted by Gasteiger charge is 2.20. The average Bonchev–Trinajstić information content (AvgIpc) is 3.59. The van der Waals surface area contributed by atoms with Crippen LogP contribution in [0.25, 0.3) is 71.0 Å². The first-order chi connectivity index (χ1) is 21.7. The Morgan fingerprint density at radius 2 is 0.932 bits per heavy atom. The lowest BCUT2D eigenvalue weighted by atomic mass is 10.0. The molecule has 0 unspecified atom stereocenters. The van der Waals surface area contributed by atoms with Gasteiger partial charge in [0.2, 0.25) is 0 Å². The number of nitriles is 2. The van der Waals surface area contributed by atoms with Crippen LogP contribution in [0, 0.1) is 29.2 Å². The third-order valence-electron chi connectivity index (χ3n) is 8.39. The van der Waals surface area contributed by atoms with Crippen molar-refractivity contribution in [3.05, 3.63) is 150 Å². The predicted octanol–water partition coefficient (Wildman–Crippen LogP) is 9.84. The molecule has 44 heavy (non-hydrogen) atoms. The SMILES string of the molecule is [C-]#[N+]c1ccc2c(c1)c1cc(C#N)ccc1n2-c1ccccc1-c1ccccc1-n1c2ccccc2c2cc(C#N)ccc21. The second-order valence-corrected chi connectivity index (χ2v) is 10.7. The van der Waals surface area contributed by atoms with Gasteiger partial charge >= 0.3 is 0 Å². The van der Waals surface area contributed by atoms with Crippen molar-refractivity contribution in [3.63, 3.8) is 0 Å². The van der Waals surface area contributed by atoms with Gasteiger partial charge in [0.1, 0.15) is 0 Å². The Hall–Kier alpha value is -6.61. The fourth-order valence-electron chi connectivity index (χ4n) is 6.50. The first-order valence-corrected chi connectivity index (χ1v) is 14.2. The van der Waals surface area contributed by atoms with E-state index in [2.05, 4.69) is 80.7 Å². The van der Waals surface area contributed by atoms with Crippen LogP contribution in [0.15, 0.2) is 127 Å². The zero-order chi connectivity index (χ0) is 29.8. The topological polar surface area (TPSA) is 61.8 Å². The highest BCUT2D eigenvalue weighted by atomic mass is 15.0. The molecule has 0 saturated heterocycles. The quantitative estimate of drug-likeness (QED) is 0.202. The molecule has 8 rings (SSSR count). The molecule has 5 heteroatoms. The maximum absolute atomic E-state index is 9.66. The summed E-state index contributed by atoms with van der Waals surface area (Å²) in [6.45, 7) is 7.60. The molecule has 0 amide bonds. The average molecular weight is 560 g/mol. The highest BCUT2D eigenvalue weighted by Crippen LogP contribution is 2.41. The van der Waals surface area contributed by atoms with Crippen molar-refractivity contribution in [2.45, 2.75) is 0 Å². The molecule has 8 aromatic rings. The van der Waals surface area contributed by atoms with E-state index in [1.54, 1.807) is 0 Å². The molecule has 0 saturated carbocycles. The van der Waals surface area contributed by atoms with Crippen LogP contribution in [0.5, 0.6) is 0 Å². The fraction of sp³-hybridized carbons (Fsp3) is 0. The number of benzene rings is 6. The monoisotopic (exact) mass is 559 g/mol. The molecule has 6 aromatic carbocycles. The van der Waals surface area contributed by atoms with Gasteiger partial charge in [0.05, 0.1) is 63.3 Å². The third kappa shape index (κ3) is 3.63. The highest BCUT2D eigenvalue weighted by molar-refractivity contribution is 6.12. The Balaban J connectivity index is 1.45. The van der Waals surface area contributed by atoms with E-state index < -0.39 is 0 Å². The van der Waals surface area contributed by atoms with Crippen molar-refractivity contribution in [2.75, 3.05) is 0 Å². The first-order valence-electron chi connectivity index (χ1n) is 14.2. The van der Waals surface area contributed by atoms with Crippen LogP contribution in [0.4, 0.5) is 5.69 Å². The summed E-state index contributed by atoms with van der Waals surface area (Å²) < 4.78 is 4.52. The molecule has 0 aliphatic heterocycles. The molecule has 5 nitrogen and oxygen atoms in total. The maximum Gasteiger partial charge on any atom is 0.188 e. The number of hydrogen-bond acceptors (Lipinski definition) is 2. The molecule has 202 valence electrons. The largest absolute Gasteiger partial charge is 0.309 e. The second-order valence-electron chi connectivity index (χ2n) is 10.7. The minimum absolute atomic E-state index is 0.559. The Morgan fingerprint density at radius 1 is 0.477 bits per heavy atom. The van der Waals surface area contributed by atoms with Crippen molar-refractivity contribution < 1.29 is 0 Å². The zero-order valence-corrected chi connectivity index (χ0v) is 23.4. The Bertz CT molecular complexity index is 2520. The molecule has 0 spiro atoms. The molecule has 2 aromatic heterocycles. The van der Waals surface area contributed by atoms with Crippen molar-refractivity contribution >= 4 is 49.3 Å². The summed E-state index contributed by atoms with van der Waals surface area (Å²) in [5.74, 6) is 0. The summed E-state index contributed by atoms with van der Waals surface area (Å²) in [6.07, 6.45) is 0. The van der Waals surface area contributed by atoms with Gasteiger partial charge in [0.25, 0.3) is 0 Å². The van der Waals surface area contributed by atoms with Crippen LogP contribution in [0.2, 0.25) is 0 Å². The molecule has 0 aliphatic carbocycles. The summed E-state index contributed by atoms with van der Waals surface area (Å²) in [7, 11) is 0. The van der Waals surface area contributed by atoms with Gasteiger partial charge in [-0.1, -0.05) is 60.7 Å². The first kappa shape index (κ1) is 25.1. The van der Waals surface area contributed by atoms with E-state index in [1.807, 2.05) is 72.8 Å². The van der Waals surface area contributed by atoms with E-state index in [9.17, 15) is 10.5 Å². The van der Waals surface area contributed by atoms with E-state index in [0.717, 1.165) is 66.1 Å². The maximum atomic E-state index is 9.66. The molecule has 0 radical (unpaired) electrons. The standard InChI is InChI=1S/C39H21N5/c1-42-27-16-19-39-33(22-27)32-21-26(24-41)15-18-38(32)44(39)35-12-6-3-9-29(35)28-8-2-5-11-34(28)43-36-13-7-4-10-30(36)31-20-25(23-40)14-17-37(31)43/h2-22H. The molecule has 0 fully saturated rings. The summed E-state index contributed by atoms with van der Waals surface area (Å²) in [5.41, 5.74) is 9.91. The van der Waals surface area contributed by atoms with Gasteiger partial charge in [0, 0.05) is 27.3 Å². The number of fused-ring (bicyclic) bond motifs is 6. The number of hydrogen-bond donors (Lipinski definition) is 0. The van der Waals surface area contributed by atoms with Gasteiger partial charge in [-0.15, -0.1) is 0 Å². The predicted molar refractivity (Wildman–Crippen MR) is 176 cm³/mol. The van der Waals surface area contributed by atoms with E-state index in [4.69, 9.17) is 6.57 Å². The van der Waals surface area contributed by atoms with Gasteiger partial charge in [-0.05, 0) is 72.1 Å². The normalized spacial score (nSPS) is 11.1. The van der Waals surface area contributed by atoms with Crippen molar-refractivity contribution in [1.82, 2.24) is 9.13 Å². The van der Waals surface area contributed by atoms with E-state index in [-0.39, 0.29) is 0 Å². The van der Waals surface area contributed by atoms with Crippen molar-refractivity contribution in [1.29, 1.82) is 10.5 Å². The van der Waals surface area contributed by atoms with Gasteiger partial charge in [-0.25, -0.2) is 4.85 Å². The Labute approximate surface area is 253 Å². The molecule has 0 bridgehead atoms. The summed E-state index contributed by atoms with van der Waals surface area (Å²) in [6, 6.07) is 47.0. The van der Waals surface area contributed by atoms with E-state index >= 15 is 0 Å². The van der Waals surface area contributed by atoms with E-state index in [1.165, 1.54) is 0 Å². The third-order valence-corrected chi connectivity index (χ3v) is 8.39. The van der Waals surface area contributed by atoms with Crippen LogP contribution in [0.3, 0.4) is 0 Å². The zero-order valence-electron chi connectivity index (χ0n) is 23.4. The Kier molecular flexibility index (Phi) is 5.56. The molecular weight excluding hydrogens is 538 g/mol. The fourth-order valence-corrected chi connectivity index (χ4v) is 6.50. The van der Waals surface area contributed by atoms with Gasteiger partial charge < -0.3 is 9.13 Å². The minimum Gasteiger partial charge on any atom is -0.309 e. The molecule has 0 N–H and O–H groups in total. The number of nitrogens with zero attached hydrogens (tertiary/aromatic N) is 5. The van der Waals surface area contributed by atoms with Crippen LogP contribution < -0.4 is 0 Å². The summed E-state index contributed by atoms with van der Waals surface area (Å²) in [5, 5.41) is 23.3. The summed E-state index contributed by atoms with van der Waals surface area (Å²) in [4.78, 5) is 3.67. The van der Waals surface area contributed by atoms with Crippen molar-refractivity contribution in [3.8, 4) is 34.6 Å². The lowest BCUT2D eigenvalue weighted by Crippen LogP contribution is -2.01. The van der Waals surface area contributed by atoms with Crippen LogP contribution in [-0.2, 0) is 0 Å². The van der Waals surface area contributed by atoms with Crippen LogP contribution in [-0.4, -0.2) is 9.13 Å². The molecule has 0 atom stereocenters. The lowest BCUT2D eigenvalue weighted by Gasteiger charge is -2.18. The number of aromatic nitrogens is 2.